The van der Waals surface area contributed by atoms with Gasteiger partial charge in [-0.05, 0) is 31.2 Å². The minimum Gasteiger partial charge on any atom is -0.368 e. The largest absolute Gasteiger partial charge is 0.368 e. The van der Waals surface area contributed by atoms with Gasteiger partial charge in [-0.1, -0.05) is 18.2 Å². The van der Waals surface area contributed by atoms with Crippen LogP contribution >= 0.6 is 0 Å². The van der Waals surface area contributed by atoms with E-state index >= 15 is 0 Å². The SMILES string of the molecule is Cc1cccc2nc(CN3CCN(c4ccccc4C#N)CC3)cn12. The van der Waals surface area contributed by atoms with Crippen LogP contribution in [0.5, 0.6) is 0 Å². The number of fused-ring (bicyclic) bond motifs is 1. The normalized spacial score (nSPS) is 15.4. The number of aryl methyl sites for hydroxylation is 1. The molecule has 4 rings (SSSR count). The smallest absolute Gasteiger partial charge is 0.137 e. The third kappa shape index (κ3) is 3.09. The summed E-state index contributed by atoms with van der Waals surface area (Å²) in [5, 5.41) is 9.29. The fourth-order valence-electron chi connectivity index (χ4n) is 3.49. The first-order chi connectivity index (χ1) is 12.2. The quantitative estimate of drug-likeness (QED) is 0.740. The number of aromatic nitrogens is 2. The van der Waals surface area contributed by atoms with E-state index < -0.39 is 0 Å². The van der Waals surface area contributed by atoms with Crippen molar-refractivity contribution in [1.82, 2.24) is 14.3 Å². The summed E-state index contributed by atoms with van der Waals surface area (Å²) in [6.07, 6.45) is 2.14. The molecule has 0 N–H and O–H groups in total. The van der Waals surface area contributed by atoms with Crippen molar-refractivity contribution in [3.05, 3.63) is 65.6 Å². The summed E-state index contributed by atoms with van der Waals surface area (Å²) in [5.74, 6) is 0. The lowest BCUT2D eigenvalue weighted by Gasteiger charge is -2.36. The fraction of sp³-hybridized carbons (Fsp3) is 0.300. The van der Waals surface area contributed by atoms with Crippen molar-refractivity contribution >= 4 is 11.3 Å². The maximum absolute atomic E-state index is 9.29. The second kappa shape index (κ2) is 6.58. The maximum atomic E-state index is 9.29. The first-order valence-corrected chi connectivity index (χ1v) is 8.64. The molecule has 1 aliphatic heterocycles. The van der Waals surface area contributed by atoms with Crippen LogP contribution < -0.4 is 4.90 Å². The Morgan fingerprint density at radius 2 is 1.84 bits per heavy atom. The van der Waals surface area contributed by atoms with E-state index in [4.69, 9.17) is 4.98 Å². The van der Waals surface area contributed by atoms with Crippen molar-refractivity contribution in [3.8, 4) is 6.07 Å². The molecule has 0 unspecified atom stereocenters. The highest BCUT2D eigenvalue weighted by atomic mass is 15.3. The average Bonchev–Trinajstić information content (AvgIpc) is 3.06. The van der Waals surface area contributed by atoms with Crippen LogP contribution in [0.4, 0.5) is 5.69 Å². The zero-order valence-electron chi connectivity index (χ0n) is 14.4. The van der Waals surface area contributed by atoms with E-state index in [1.807, 2.05) is 36.4 Å². The highest BCUT2D eigenvalue weighted by Crippen LogP contribution is 2.21. The van der Waals surface area contributed by atoms with Crippen molar-refractivity contribution in [3.63, 3.8) is 0 Å². The molecule has 1 aliphatic rings. The molecule has 0 aliphatic carbocycles. The highest BCUT2D eigenvalue weighted by Gasteiger charge is 2.20. The minimum atomic E-state index is 0.756. The van der Waals surface area contributed by atoms with Gasteiger partial charge in [0.25, 0.3) is 0 Å². The highest BCUT2D eigenvalue weighted by molar-refractivity contribution is 5.59. The lowest BCUT2D eigenvalue weighted by molar-refractivity contribution is 0.247. The van der Waals surface area contributed by atoms with E-state index in [9.17, 15) is 5.26 Å². The number of benzene rings is 1. The Kier molecular flexibility index (Phi) is 4.12. The minimum absolute atomic E-state index is 0.756. The Hall–Kier alpha value is -2.84. The van der Waals surface area contributed by atoms with Crippen molar-refractivity contribution in [2.75, 3.05) is 31.1 Å². The molecule has 3 heterocycles. The van der Waals surface area contributed by atoms with Crippen molar-refractivity contribution in [2.45, 2.75) is 13.5 Å². The molecule has 126 valence electrons. The van der Waals surface area contributed by atoms with Gasteiger partial charge in [-0.2, -0.15) is 5.26 Å². The number of nitriles is 1. The van der Waals surface area contributed by atoms with Gasteiger partial charge in [0.2, 0.25) is 0 Å². The summed E-state index contributed by atoms with van der Waals surface area (Å²) in [7, 11) is 0. The van der Waals surface area contributed by atoms with Crippen LogP contribution in [0.15, 0.2) is 48.7 Å². The van der Waals surface area contributed by atoms with Gasteiger partial charge in [0.1, 0.15) is 11.7 Å². The summed E-state index contributed by atoms with van der Waals surface area (Å²) in [4.78, 5) is 9.48. The van der Waals surface area contributed by atoms with Crippen LogP contribution in [-0.4, -0.2) is 40.5 Å². The fourth-order valence-corrected chi connectivity index (χ4v) is 3.49. The molecule has 3 aromatic rings. The van der Waals surface area contributed by atoms with Gasteiger partial charge < -0.3 is 9.30 Å². The van der Waals surface area contributed by atoms with Gasteiger partial charge in [0.05, 0.1) is 16.9 Å². The van der Waals surface area contributed by atoms with Crippen molar-refractivity contribution in [2.24, 2.45) is 0 Å². The molecular weight excluding hydrogens is 310 g/mol. The Labute approximate surface area is 147 Å². The van der Waals surface area contributed by atoms with Crippen LogP contribution in [-0.2, 0) is 6.54 Å². The average molecular weight is 331 g/mol. The zero-order chi connectivity index (χ0) is 17.2. The number of pyridine rings is 1. The standard InChI is InChI=1S/C20H21N5/c1-16-5-4-8-20-22-18(15-25(16)20)14-23-9-11-24(12-10-23)19-7-3-2-6-17(19)13-21/h2-8,15H,9-12,14H2,1H3. The Bertz CT molecular complexity index is 929. The third-order valence-electron chi connectivity index (χ3n) is 4.87. The van der Waals surface area contributed by atoms with E-state index in [1.54, 1.807) is 0 Å². The summed E-state index contributed by atoms with van der Waals surface area (Å²) >= 11 is 0. The van der Waals surface area contributed by atoms with Crippen LogP contribution in [0.1, 0.15) is 17.0 Å². The number of nitrogens with zero attached hydrogens (tertiary/aromatic N) is 5. The molecule has 25 heavy (non-hydrogen) atoms. The van der Waals surface area contributed by atoms with Crippen molar-refractivity contribution < 1.29 is 0 Å². The summed E-state index contributed by atoms with van der Waals surface area (Å²) in [6, 6.07) is 16.3. The Morgan fingerprint density at radius 1 is 1.04 bits per heavy atom. The Morgan fingerprint density at radius 3 is 2.60 bits per heavy atom. The molecule has 0 atom stereocenters. The molecule has 5 nitrogen and oxygen atoms in total. The van der Waals surface area contributed by atoms with E-state index in [0.717, 1.165) is 55.3 Å². The lowest BCUT2D eigenvalue weighted by atomic mass is 10.1. The predicted octanol–water partition coefficient (Wildman–Crippen LogP) is 2.84. The first kappa shape index (κ1) is 15.7. The topological polar surface area (TPSA) is 47.6 Å². The van der Waals surface area contributed by atoms with Gasteiger partial charge in [0.15, 0.2) is 0 Å². The number of piperazine rings is 1. The van der Waals surface area contributed by atoms with Crippen LogP contribution in [0.2, 0.25) is 0 Å². The monoisotopic (exact) mass is 331 g/mol. The summed E-state index contributed by atoms with van der Waals surface area (Å²) in [6.45, 7) is 6.80. The molecule has 1 saturated heterocycles. The lowest BCUT2D eigenvalue weighted by Crippen LogP contribution is -2.46. The second-order valence-corrected chi connectivity index (χ2v) is 6.52. The van der Waals surface area contributed by atoms with Crippen LogP contribution in [0, 0.1) is 18.3 Å². The molecule has 0 radical (unpaired) electrons. The first-order valence-electron chi connectivity index (χ1n) is 8.64. The van der Waals surface area contributed by atoms with Crippen molar-refractivity contribution in [1.29, 1.82) is 5.26 Å². The summed E-state index contributed by atoms with van der Waals surface area (Å²) in [5.41, 5.74) is 5.13. The molecule has 0 amide bonds. The molecule has 0 spiro atoms. The number of rotatable bonds is 3. The van der Waals surface area contributed by atoms with Gasteiger partial charge in [-0.25, -0.2) is 4.98 Å². The van der Waals surface area contributed by atoms with Gasteiger partial charge in [-0.3, -0.25) is 4.90 Å². The van der Waals surface area contributed by atoms with Gasteiger partial charge >= 0.3 is 0 Å². The van der Waals surface area contributed by atoms with E-state index in [2.05, 4.69) is 39.5 Å². The molecule has 1 aromatic carbocycles. The number of hydrogen-bond donors (Lipinski definition) is 0. The molecule has 2 aromatic heterocycles. The summed E-state index contributed by atoms with van der Waals surface area (Å²) < 4.78 is 2.15. The third-order valence-corrected chi connectivity index (χ3v) is 4.87. The van der Waals surface area contributed by atoms with Gasteiger partial charge in [0, 0.05) is 44.6 Å². The number of imidazole rings is 1. The Balaban J connectivity index is 1.43. The molecule has 0 saturated carbocycles. The zero-order valence-corrected chi connectivity index (χ0v) is 14.4. The predicted molar refractivity (Wildman–Crippen MR) is 98.6 cm³/mol. The maximum Gasteiger partial charge on any atom is 0.137 e. The van der Waals surface area contributed by atoms with Crippen LogP contribution in [0.3, 0.4) is 0 Å². The number of hydrogen-bond acceptors (Lipinski definition) is 4. The van der Waals surface area contributed by atoms with E-state index in [0.29, 0.717) is 0 Å². The van der Waals surface area contributed by atoms with Crippen LogP contribution in [0.25, 0.3) is 5.65 Å². The molecule has 5 heteroatoms. The van der Waals surface area contributed by atoms with E-state index in [1.165, 1.54) is 5.69 Å². The molecule has 0 bridgehead atoms. The molecular formula is C20H21N5. The van der Waals surface area contributed by atoms with Gasteiger partial charge in [-0.15, -0.1) is 0 Å². The number of para-hydroxylation sites is 1. The second-order valence-electron chi connectivity index (χ2n) is 6.52. The van der Waals surface area contributed by atoms with E-state index in [-0.39, 0.29) is 0 Å². The molecule has 1 fully saturated rings. The number of anilines is 1.